The highest BCUT2D eigenvalue weighted by molar-refractivity contribution is 6.12. The van der Waals surface area contributed by atoms with Crippen LogP contribution in [0, 0.1) is 11.3 Å². The number of hydrogen-bond acceptors (Lipinski definition) is 3. The lowest BCUT2D eigenvalue weighted by Gasteiger charge is -2.06. The lowest BCUT2D eigenvalue weighted by molar-refractivity contribution is 0.102. The molecule has 0 bridgehead atoms. The van der Waals surface area contributed by atoms with Gasteiger partial charge in [-0.2, -0.15) is 10.4 Å². The minimum absolute atomic E-state index is 0.230. The van der Waals surface area contributed by atoms with Crippen LogP contribution in [-0.2, 0) is 0 Å². The maximum atomic E-state index is 12.3. The molecule has 0 fully saturated rings. The molecule has 3 rings (SSSR count). The molecule has 2 N–H and O–H groups in total. The zero-order valence-electron chi connectivity index (χ0n) is 10.4. The Morgan fingerprint density at radius 3 is 2.95 bits per heavy atom. The van der Waals surface area contributed by atoms with E-state index >= 15 is 0 Å². The molecule has 20 heavy (non-hydrogen) atoms. The van der Waals surface area contributed by atoms with Gasteiger partial charge in [-0.25, -0.2) is 0 Å². The number of nitrogens with zero attached hydrogens (tertiary/aromatic N) is 2. The summed E-state index contributed by atoms with van der Waals surface area (Å²) < 4.78 is 0. The number of amides is 1. The van der Waals surface area contributed by atoms with Crippen molar-refractivity contribution in [1.82, 2.24) is 10.2 Å². The van der Waals surface area contributed by atoms with Crippen LogP contribution in [0.5, 0.6) is 0 Å². The Hall–Kier alpha value is -3.13. The molecule has 1 aromatic heterocycles. The number of nitrogens with one attached hydrogen (secondary N) is 2. The van der Waals surface area contributed by atoms with Crippen LogP contribution in [0.2, 0.25) is 0 Å². The number of aromatic amines is 1. The van der Waals surface area contributed by atoms with E-state index in [9.17, 15) is 4.79 Å². The molecular formula is C15H10N4O. The molecule has 5 nitrogen and oxygen atoms in total. The second kappa shape index (κ2) is 4.86. The van der Waals surface area contributed by atoms with Crippen molar-refractivity contribution in [1.29, 1.82) is 5.26 Å². The van der Waals surface area contributed by atoms with Gasteiger partial charge in [-0.3, -0.25) is 9.89 Å². The number of nitriles is 1. The van der Waals surface area contributed by atoms with Gasteiger partial charge in [-0.15, -0.1) is 0 Å². The molecule has 0 radical (unpaired) electrons. The van der Waals surface area contributed by atoms with E-state index in [1.165, 1.54) is 0 Å². The predicted octanol–water partition coefficient (Wildman–Crippen LogP) is 2.69. The smallest absolute Gasteiger partial charge is 0.256 e. The molecule has 0 aliphatic carbocycles. The summed E-state index contributed by atoms with van der Waals surface area (Å²) in [5.74, 6) is -0.230. The van der Waals surface area contributed by atoms with Gasteiger partial charge >= 0.3 is 0 Å². The maximum Gasteiger partial charge on any atom is 0.256 e. The van der Waals surface area contributed by atoms with Crippen LogP contribution in [0.1, 0.15) is 15.9 Å². The molecule has 96 valence electrons. The van der Waals surface area contributed by atoms with Crippen LogP contribution in [0.25, 0.3) is 10.9 Å². The van der Waals surface area contributed by atoms with Crippen molar-refractivity contribution in [2.24, 2.45) is 0 Å². The molecule has 5 heteroatoms. The van der Waals surface area contributed by atoms with Crippen molar-refractivity contribution >= 4 is 22.5 Å². The minimum Gasteiger partial charge on any atom is -0.322 e. The summed E-state index contributed by atoms with van der Waals surface area (Å²) in [6.07, 6.45) is 1.62. The number of carbonyl (C=O) groups is 1. The zero-order valence-corrected chi connectivity index (χ0v) is 10.4. The molecule has 2 aromatic carbocycles. The first kappa shape index (κ1) is 11.9. The van der Waals surface area contributed by atoms with Crippen molar-refractivity contribution in [3.63, 3.8) is 0 Å². The van der Waals surface area contributed by atoms with Crippen molar-refractivity contribution in [3.8, 4) is 6.07 Å². The van der Waals surface area contributed by atoms with Crippen LogP contribution in [0.3, 0.4) is 0 Å². The number of hydrogen-bond donors (Lipinski definition) is 2. The van der Waals surface area contributed by atoms with Crippen molar-refractivity contribution < 1.29 is 4.79 Å². The number of benzene rings is 2. The Balaban J connectivity index is 1.93. The van der Waals surface area contributed by atoms with E-state index in [-0.39, 0.29) is 5.91 Å². The summed E-state index contributed by atoms with van der Waals surface area (Å²) in [7, 11) is 0. The van der Waals surface area contributed by atoms with Crippen LogP contribution in [0.15, 0.2) is 48.7 Å². The van der Waals surface area contributed by atoms with E-state index in [1.807, 2.05) is 12.1 Å². The van der Waals surface area contributed by atoms with Crippen molar-refractivity contribution in [2.75, 3.05) is 5.32 Å². The van der Waals surface area contributed by atoms with Crippen molar-refractivity contribution in [3.05, 3.63) is 59.8 Å². The van der Waals surface area contributed by atoms with E-state index in [1.54, 1.807) is 42.6 Å². The van der Waals surface area contributed by atoms with Gasteiger partial charge in [0.25, 0.3) is 5.91 Å². The molecule has 1 heterocycles. The number of rotatable bonds is 2. The topological polar surface area (TPSA) is 81.6 Å². The SMILES string of the molecule is N#Cc1cccc(NC(=O)c2cccc3[nH]ncc23)c1. The lowest BCUT2D eigenvalue weighted by atomic mass is 10.1. The zero-order chi connectivity index (χ0) is 13.9. The quantitative estimate of drug-likeness (QED) is 0.745. The summed E-state index contributed by atoms with van der Waals surface area (Å²) >= 11 is 0. The standard InChI is InChI=1S/C15H10N4O/c16-8-10-3-1-4-11(7-10)18-15(20)12-5-2-6-14-13(12)9-17-19-14/h1-7,9H,(H,17,19)(H,18,20). The Kier molecular flexibility index (Phi) is 2.90. The third-order valence-electron chi connectivity index (χ3n) is 2.98. The van der Waals surface area contributed by atoms with Gasteiger partial charge in [0.15, 0.2) is 0 Å². The average Bonchev–Trinajstić information content (AvgIpc) is 2.95. The largest absolute Gasteiger partial charge is 0.322 e. The Bertz CT molecular complexity index is 829. The van der Waals surface area contributed by atoms with Gasteiger partial charge < -0.3 is 5.32 Å². The third kappa shape index (κ3) is 2.10. The monoisotopic (exact) mass is 262 g/mol. The molecular weight excluding hydrogens is 252 g/mol. The summed E-state index contributed by atoms with van der Waals surface area (Å²) in [6, 6.07) is 14.2. The van der Waals surface area contributed by atoms with Crippen molar-refractivity contribution in [2.45, 2.75) is 0 Å². The number of fused-ring (bicyclic) bond motifs is 1. The van der Waals surface area contributed by atoms with E-state index < -0.39 is 0 Å². The van der Waals surface area contributed by atoms with Gasteiger partial charge in [0, 0.05) is 11.1 Å². The van der Waals surface area contributed by atoms with Gasteiger partial charge in [-0.05, 0) is 30.3 Å². The summed E-state index contributed by atoms with van der Waals surface area (Å²) in [6.45, 7) is 0. The molecule has 0 aliphatic rings. The highest BCUT2D eigenvalue weighted by Gasteiger charge is 2.11. The van der Waals surface area contributed by atoms with Crippen LogP contribution >= 0.6 is 0 Å². The van der Waals surface area contributed by atoms with Gasteiger partial charge in [0.1, 0.15) is 0 Å². The number of H-pyrrole nitrogens is 1. The fourth-order valence-corrected chi connectivity index (χ4v) is 2.03. The first-order chi connectivity index (χ1) is 9.78. The Morgan fingerprint density at radius 1 is 1.25 bits per heavy atom. The first-order valence-electron chi connectivity index (χ1n) is 6.01. The minimum atomic E-state index is -0.230. The molecule has 0 saturated carbocycles. The van der Waals surface area contributed by atoms with E-state index in [2.05, 4.69) is 15.5 Å². The molecule has 0 spiro atoms. The summed E-state index contributed by atoms with van der Waals surface area (Å²) in [4.78, 5) is 12.3. The fourth-order valence-electron chi connectivity index (χ4n) is 2.03. The van der Waals surface area contributed by atoms with E-state index in [0.717, 1.165) is 10.9 Å². The Morgan fingerprint density at radius 2 is 2.10 bits per heavy atom. The van der Waals surface area contributed by atoms with Gasteiger partial charge in [-0.1, -0.05) is 12.1 Å². The summed E-state index contributed by atoms with van der Waals surface area (Å²) in [5.41, 5.74) is 2.45. The molecule has 0 aliphatic heterocycles. The van der Waals surface area contributed by atoms with Crippen LogP contribution in [-0.4, -0.2) is 16.1 Å². The summed E-state index contributed by atoms with van der Waals surface area (Å²) in [5, 5.41) is 19.2. The highest BCUT2D eigenvalue weighted by Crippen LogP contribution is 2.18. The van der Waals surface area contributed by atoms with Gasteiger partial charge in [0.2, 0.25) is 0 Å². The fraction of sp³-hybridized carbons (Fsp3) is 0. The second-order valence-corrected chi connectivity index (χ2v) is 4.28. The van der Waals surface area contributed by atoms with Gasteiger partial charge in [0.05, 0.1) is 28.9 Å². The normalized spacial score (nSPS) is 10.2. The first-order valence-corrected chi connectivity index (χ1v) is 6.01. The molecule has 3 aromatic rings. The van der Waals surface area contributed by atoms with E-state index in [4.69, 9.17) is 5.26 Å². The third-order valence-corrected chi connectivity index (χ3v) is 2.98. The molecule has 0 atom stereocenters. The average molecular weight is 262 g/mol. The predicted molar refractivity (Wildman–Crippen MR) is 75.2 cm³/mol. The second-order valence-electron chi connectivity index (χ2n) is 4.28. The molecule has 1 amide bonds. The lowest BCUT2D eigenvalue weighted by Crippen LogP contribution is -2.12. The van der Waals surface area contributed by atoms with E-state index in [0.29, 0.717) is 16.8 Å². The van der Waals surface area contributed by atoms with Crippen LogP contribution in [0.4, 0.5) is 5.69 Å². The Labute approximate surface area is 114 Å². The number of aromatic nitrogens is 2. The molecule has 0 unspecified atom stereocenters. The highest BCUT2D eigenvalue weighted by atomic mass is 16.1. The maximum absolute atomic E-state index is 12.3. The number of carbonyl (C=O) groups excluding carboxylic acids is 1. The molecule has 0 saturated heterocycles. The number of anilines is 1. The van der Waals surface area contributed by atoms with Crippen LogP contribution < -0.4 is 5.32 Å².